The van der Waals surface area contributed by atoms with Gasteiger partial charge in [-0.15, -0.1) is 0 Å². The van der Waals surface area contributed by atoms with Gasteiger partial charge in [0.1, 0.15) is 0 Å². The number of allylic oxidation sites excluding steroid dienone is 1. The van der Waals surface area contributed by atoms with Crippen molar-refractivity contribution in [2.75, 3.05) is 0 Å². The van der Waals surface area contributed by atoms with Crippen LogP contribution in [0.4, 0.5) is 0 Å². The fraction of sp³-hybridized carbons (Fsp3) is 0.417. The van der Waals surface area contributed by atoms with E-state index in [-0.39, 0.29) is 0 Å². The summed E-state index contributed by atoms with van der Waals surface area (Å²) >= 11 is 0. The Kier molecular flexibility index (Phi) is 1.63. The zero-order valence-corrected chi connectivity index (χ0v) is 8.10. The number of aromatic amines is 1. The van der Waals surface area contributed by atoms with Crippen LogP contribution in [0.5, 0.6) is 0 Å². The molecule has 3 rings (SSSR count). The van der Waals surface area contributed by atoms with E-state index in [1.165, 1.54) is 16.8 Å². The Bertz CT molecular complexity index is 426. The summed E-state index contributed by atoms with van der Waals surface area (Å²) in [6.07, 6.45) is 9.34. The molecular weight excluding hydrogens is 174 g/mol. The van der Waals surface area contributed by atoms with Crippen molar-refractivity contribution >= 4 is 11.9 Å². The maximum absolute atomic E-state index is 11.6. The molecule has 0 bridgehead atoms. The average molecular weight is 187 g/mol. The van der Waals surface area contributed by atoms with E-state index in [0.717, 1.165) is 37.8 Å². The Hall–Kier alpha value is -1.31. The van der Waals surface area contributed by atoms with Gasteiger partial charge in [0.2, 0.25) is 0 Å². The summed E-state index contributed by atoms with van der Waals surface area (Å²) < 4.78 is 0. The Labute approximate surface area is 83.0 Å². The van der Waals surface area contributed by atoms with E-state index in [9.17, 15) is 4.79 Å². The summed E-state index contributed by atoms with van der Waals surface area (Å²) in [5.74, 6) is 0.300. The van der Waals surface area contributed by atoms with Gasteiger partial charge in [-0.1, -0.05) is 6.08 Å². The molecule has 0 saturated heterocycles. The van der Waals surface area contributed by atoms with Crippen molar-refractivity contribution < 1.29 is 4.79 Å². The van der Waals surface area contributed by atoms with Crippen molar-refractivity contribution in [2.24, 2.45) is 0 Å². The standard InChI is InChI=1S/C12H13NO/c14-11-7-3-5-9-8-4-1-2-6-10(8)13-12(9)11/h2,6,13H,1,3-5,7H2. The molecule has 0 saturated carbocycles. The van der Waals surface area contributed by atoms with E-state index in [1.807, 2.05) is 0 Å². The maximum atomic E-state index is 11.6. The van der Waals surface area contributed by atoms with Gasteiger partial charge in [0.25, 0.3) is 0 Å². The number of rotatable bonds is 0. The first-order valence-corrected chi connectivity index (χ1v) is 5.30. The van der Waals surface area contributed by atoms with Gasteiger partial charge in [0, 0.05) is 12.1 Å². The number of hydrogen-bond donors (Lipinski definition) is 1. The van der Waals surface area contributed by atoms with Gasteiger partial charge in [-0.3, -0.25) is 4.79 Å². The largest absolute Gasteiger partial charge is 0.352 e. The molecule has 0 aromatic carbocycles. The molecule has 1 aromatic rings. The van der Waals surface area contributed by atoms with Crippen LogP contribution >= 0.6 is 0 Å². The Morgan fingerprint density at radius 2 is 2.07 bits per heavy atom. The number of aromatic nitrogens is 1. The fourth-order valence-corrected chi connectivity index (χ4v) is 2.52. The number of fused-ring (bicyclic) bond motifs is 3. The third kappa shape index (κ3) is 0.999. The minimum atomic E-state index is 0.300. The third-order valence-electron chi connectivity index (χ3n) is 3.21. The lowest BCUT2D eigenvalue weighted by Crippen LogP contribution is -2.10. The highest BCUT2D eigenvalue weighted by Gasteiger charge is 2.24. The van der Waals surface area contributed by atoms with E-state index < -0.39 is 0 Å². The second-order valence-electron chi connectivity index (χ2n) is 4.09. The smallest absolute Gasteiger partial charge is 0.179 e. The van der Waals surface area contributed by atoms with Gasteiger partial charge in [-0.05, 0) is 42.9 Å². The lowest BCUT2D eigenvalue weighted by atomic mass is 9.90. The molecule has 2 nitrogen and oxygen atoms in total. The molecule has 1 heterocycles. The molecule has 1 aromatic heterocycles. The first-order valence-electron chi connectivity index (χ1n) is 5.30. The first-order chi connectivity index (χ1) is 6.86. The van der Waals surface area contributed by atoms with Crippen LogP contribution in [0.2, 0.25) is 0 Å². The van der Waals surface area contributed by atoms with E-state index in [4.69, 9.17) is 0 Å². The summed E-state index contributed by atoms with van der Waals surface area (Å²) in [6.45, 7) is 0. The highest BCUT2D eigenvalue weighted by Crippen LogP contribution is 2.30. The van der Waals surface area contributed by atoms with Crippen LogP contribution in [0.15, 0.2) is 6.08 Å². The number of carbonyl (C=O) groups excluding carboxylic acids is 1. The molecule has 0 spiro atoms. The highest BCUT2D eigenvalue weighted by atomic mass is 16.1. The summed E-state index contributed by atoms with van der Waals surface area (Å²) in [4.78, 5) is 14.9. The molecule has 0 aliphatic heterocycles. The van der Waals surface area contributed by atoms with Crippen LogP contribution in [-0.4, -0.2) is 10.8 Å². The van der Waals surface area contributed by atoms with E-state index >= 15 is 0 Å². The van der Waals surface area contributed by atoms with E-state index in [0.29, 0.717) is 5.78 Å². The third-order valence-corrected chi connectivity index (χ3v) is 3.21. The van der Waals surface area contributed by atoms with Crippen molar-refractivity contribution in [1.29, 1.82) is 0 Å². The van der Waals surface area contributed by atoms with Gasteiger partial charge in [-0.25, -0.2) is 0 Å². The van der Waals surface area contributed by atoms with Crippen LogP contribution in [0, 0.1) is 0 Å². The number of carbonyl (C=O) groups is 1. The van der Waals surface area contributed by atoms with E-state index in [1.54, 1.807) is 0 Å². The van der Waals surface area contributed by atoms with Crippen LogP contribution in [0.3, 0.4) is 0 Å². The van der Waals surface area contributed by atoms with Crippen LogP contribution < -0.4 is 0 Å². The Morgan fingerprint density at radius 1 is 1.14 bits per heavy atom. The number of ketones is 1. The monoisotopic (exact) mass is 187 g/mol. The second-order valence-corrected chi connectivity index (χ2v) is 4.09. The SMILES string of the molecule is O=C1CCCc2c1[nH]c1c2CCC=C1. The molecule has 0 unspecified atom stereocenters. The normalized spacial score (nSPS) is 19.3. The second kappa shape index (κ2) is 2.84. The maximum Gasteiger partial charge on any atom is 0.179 e. The highest BCUT2D eigenvalue weighted by molar-refractivity contribution is 5.97. The Balaban J connectivity index is 2.21. The first kappa shape index (κ1) is 8.04. The molecule has 14 heavy (non-hydrogen) atoms. The molecule has 72 valence electrons. The number of H-pyrrole nitrogens is 1. The predicted octanol–water partition coefficient (Wildman–Crippen LogP) is 2.49. The van der Waals surface area contributed by atoms with Crippen LogP contribution in [0.1, 0.15) is 46.6 Å². The molecular formula is C12H13NO. The molecule has 0 radical (unpaired) electrons. The lowest BCUT2D eigenvalue weighted by Gasteiger charge is -2.12. The summed E-state index contributed by atoms with van der Waals surface area (Å²) in [5, 5.41) is 0. The molecule has 0 fully saturated rings. The predicted molar refractivity (Wildman–Crippen MR) is 55.4 cm³/mol. The van der Waals surface area contributed by atoms with Crippen molar-refractivity contribution in [3.63, 3.8) is 0 Å². The van der Waals surface area contributed by atoms with Gasteiger partial charge in [-0.2, -0.15) is 0 Å². The summed E-state index contributed by atoms with van der Waals surface area (Å²) in [5.41, 5.74) is 4.78. The molecule has 0 amide bonds. The summed E-state index contributed by atoms with van der Waals surface area (Å²) in [6, 6.07) is 0. The van der Waals surface area contributed by atoms with E-state index in [2.05, 4.69) is 17.1 Å². The zero-order chi connectivity index (χ0) is 9.54. The van der Waals surface area contributed by atoms with Crippen molar-refractivity contribution in [2.45, 2.75) is 32.1 Å². The van der Waals surface area contributed by atoms with Crippen LogP contribution in [0.25, 0.3) is 6.08 Å². The fourth-order valence-electron chi connectivity index (χ4n) is 2.52. The zero-order valence-electron chi connectivity index (χ0n) is 8.10. The number of hydrogen-bond acceptors (Lipinski definition) is 1. The molecule has 0 atom stereocenters. The minimum Gasteiger partial charge on any atom is -0.352 e. The van der Waals surface area contributed by atoms with Crippen molar-refractivity contribution in [3.05, 3.63) is 28.6 Å². The number of Topliss-reactive ketones (excluding diaryl/α,β-unsaturated/α-hetero) is 1. The molecule has 2 aliphatic rings. The van der Waals surface area contributed by atoms with Gasteiger partial charge >= 0.3 is 0 Å². The van der Waals surface area contributed by atoms with Gasteiger partial charge in [0.05, 0.1) is 5.69 Å². The quantitative estimate of drug-likeness (QED) is 0.665. The lowest BCUT2D eigenvalue weighted by molar-refractivity contribution is 0.0968. The average Bonchev–Trinajstić information content (AvgIpc) is 2.59. The van der Waals surface area contributed by atoms with Crippen LogP contribution in [-0.2, 0) is 12.8 Å². The molecule has 2 heteroatoms. The summed E-state index contributed by atoms with van der Waals surface area (Å²) in [7, 11) is 0. The van der Waals surface area contributed by atoms with Crippen molar-refractivity contribution in [1.82, 2.24) is 4.98 Å². The topological polar surface area (TPSA) is 32.9 Å². The molecule has 2 aliphatic carbocycles. The molecule has 1 N–H and O–H groups in total. The van der Waals surface area contributed by atoms with Gasteiger partial charge in [0.15, 0.2) is 5.78 Å². The van der Waals surface area contributed by atoms with Gasteiger partial charge < -0.3 is 4.98 Å². The number of nitrogens with one attached hydrogen (secondary N) is 1. The Morgan fingerprint density at radius 3 is 3.00 bits per heavy atom. The minimum absolute atomic E-state index is 0.300. The van der Waals surface area contributed by atoms with Crippen molar-refractivity contribution in [3.8, 4) is 0 Å².